The van der Waals surface area contributed by atoms with Crippen molar-refractivity contribution < 1.29 is 4.74 Å². The van der Waals surface area contributed by atoms with Crippen LogP contribution in [0.3, 0.4) is 0 Å². The van der Waals surface area contributed by atoms with Crippen molar-refractivity contribution in [2.24, 2.45) is 0 Å². The van der Waals surface area contributed by atoms with Crippen molar-refractivity contribution in [1.82, 2.24) is 0 Å². The summed E-state index contributed by atoms with van der Waals surface area (Å²) in [6, 6.07) is 15.9. The number of nitrogens with two attached hydrogens (primary N) is 2. The molecule has 3 nitrogen and oxygen atoms in total. The molecule has 0 amide bonds. The van der Waals surface area contributed by atoms with Crippen LogP contribution in [0.2, 0.25) is 0 Å². The molecule has 1 saturated heterocycles. The Morgan fingerprint density at radius 3 is 1.47 bits per heavy atom. The fraction of sp³-hybridized carbons (Fsp3) is 0.250. The van der Waals surface area contributed by atoms with Crippen molar-refractivity contribution in [3.05, 3.63) is 59.7 Å². The zero-order chi connectivity index (χ0) is 13.7. The first-order chi connectivity index (χ1) is 9.13. The van der Waals surface area contributed by atoms with E-state index in [0.29, 0.717) is 6.10 Å². The topological polar surface area (TPSA) is 64.6 Å². The van der Waals surface area contributed by atoms with Gasteiger partial charge in [0.15, 0.2) is 0 Å². The molecule has 0 radical (unpaired) electrons. The lowest BCUT2D eigenvalue weighted by Crippen LogP contribution is -1.90. The summed E-state index contributed by atoms with van der Waals surface area (Å²) in [4.78, 5) is 0. The number of rotatable bonds is 2. The van der Waals surface area contributed by atoms with Gasteiger partial charge in [-0.1, -0.05) is 24.3 Å². The van der Waals surface area contributed by atoms with Crippen LogP contribution in [0.15, 0.2) is 48.5 Å². The summed E-state index contributed by atoms with van der Waals surface area (Å²) in [5, 5.41) is 0. The van der Waals surface area contributed by atoms with Crippen LogP contribution >= 0.6 is 0 Å². The summed E-state index contributed by atoms with van der Waals surface area (Å²) in [7, 11) is 0. The normalized spacial score (nSPS) is 16.4. The number of benzene rings is 2. The van der Waals surface area contributed by atoms with Crippen molar-refractivity contribution in [2.75, 3.05) is 18.1 Å². The molecule has 1 heterocycles. The minimum atomic E-state index is 0.583. The van der Waals surface area contributed by atoms with Crippen molar-refractivity contribution in [1.29, 1.82) is 0 Å². The lowest BCUT2D eigenvalue weighted by Gasteiger charge is -2.02. The molecule has 1 fully saturated rings. The number of ether oxygens (including phenoxy) is 1. The van der Waals surface area contributed by atoms with Crippen LogP contribution in [0.25, 0.3) is 0 Å². The van der Waals surface area contributed by atoms with Crippen molar-refractivity contribution in [3.63, 3.8) is 0 Å². The number of hydrogen-bond donors (Lipinski definition) is 2. The van der Waals surface area contributed by atoms with Gasteiger partial charge in [-0.3, -0.25) is 0 Å². The number of hydrogen-bond acceptors (Lipinski definition) is 3. The van der Waals surface area contributed by atoms with Gasteiger partial charge in [0.25, 0.3) is 0 Å². The molecule has 0 aliphatic carbocycles. The van der Waals surface area contributed by atoms with Gasteiger partial charge >= 0.3 is 0 Å². The Labute approximate surface area is 114 Å². The maximum atomic E-state index is 5.62. The largest absolute Gasteiger partial charge is 0.399 e. The molecule has 2 aromatic carbocycles. The molecule has 0 spiro atoms. The Morgan fingerprint density at radius 1 is 0.895 bits per heavy atom. The van der Waals surface area contributed by atoms with Gasteiger partial charge < -0.3 is 16.2 Å². The van der Waals surface area contributed by atoms with Crippen LogP contribution in [0.5, 0.6) is 0 Å². The smallest absolute Gasteiger partial charge is 0.0781 e. The average Bonchev–Trinajstić information content (AvgIpc) is 3.18. The summed E-state index contributed by atoms with van der Waals surface area (Å²) >= 11 is 0. The fourth-order valence-corrected chi connectivity index (χ4v) is 1.60. The summed E-state index contributed by atoms with van der Waals surface area (Å²) in [5.41, 5.74) is 15.4. The SMILES string of the molecule is CC1CO1.Nc1ccc(Cc2ccc(N)cc2)cc1. The van der Waals surface area contributed by atoms with E-state index in [0.717, 1.165) is 24.4 Å². The quantitative estimate of drug-likeness (QED) is 0.641. The predicted molar refractivity (Wildman–Crippen MR) is 79.9 cm³/mol. The zero-order valence-electron chi connectivity index (χ0n) is 11.2. The molecule has 1 aliphatic heterocycles. The van der Waals surface area contributed by atoms with Gasteiger partial charge in [-0.05, 0) is 48.7 Å². The first kappa shape index (κ1) is 13.4. The van der Waals surface area contributed by atoms with Gasteiger partial charge in [0.1, 0.15) is 0 Å². The van der Waals surface area contributed by atoms with Gasteiger partial charge in [-0.2, -0.15) is 0 Å². The molecule has 4 N–H and O–H groups in total. The second-order valence-corrected chi connectivity index (χ2v) is 4.80. The number of epoxide rings is 1. The molecular formula is C16H20N2O. The van der Waals surface area contributed by atoms with Gasteiger partial charge in [0, 0.05) is 11.4 Å². The third-order valence-corrected chi connectivity index (χ3v) is 2.87. The lowest BCUT2D eigenvalue weighted by molar-refractivity contribution is 0.423. The molecule has 2 aromatic rings. The number of anilines is 2. The lowest BCUT2D eigenvalue weighted by atomic mass is 10.0. The summed E-state index contributed by atoms with van der Waals surface area (Å²) in [5.74, 6) is 0. The van der Waals surface area contributed by atoms with Crippen LogP contribution in [-0.2, 0) is 11.2 Å². The molecule has 100 valence electrons. The van der Waals surface area contributed by atoms with Crippen LogP contribution in [0.1, 0.15) is 18.1 Å². The van der Waals surface area contributed by atoms with E-state index >= 15 is 0 Å². The summed E-state index contributed by atoms with van der Waals surface area (Å²) in [6.45, 7) is 3.04. The maximum absolute atomic E-state index is 5.62. The Balaban J connectivity index is 0.000000284. The third-order valence-electron chi connectivity index (χ3n) is 2.87. The van der Waals surface area contributed by atoms with E-state index in [4.69, 9.17) is 16.2 Å². The van der Waals surface area contributed by atoms with Crippen LogP contribution < -0.4 is 11.5 Å². The van der Waals surface area contributed by atoms with E-state index in [2.05, 4.69) is 6.92 Å². The summed E-state index contributed by atoms with van der Waals surface area (Å²) < 4.78 is 4.71. The van der Waals surface area contributed by atoms with E-state index in [1.807, 2.05) is 48.5 Å². The van der Waals surface area contributed by atoms with Crippen LogP contribution in [-0.4, -0.2) is 12.7 Å². The van der Waals surface area contributed by atoms with Crippen molar-refractivity contribution in [2.45, 2.75) is 19.4 Å². The minimum Gasteiger partial charge on any atom is -0.399 e. The molecule has 3 rings (SSSR count). The van der Waals surface area contributed by atoms with Crippen molar-refractivity contribution >= 4 is 11.4 Å². The number of nitrogen functional groups attached to an aromatic ring is 2. The van der Waals surface area contributed by atoms with Crippen LogP contribution in [0, 0.1) is 0 Å². The van der Waals surface area contributed by atoms with E-state index in [1.54, 1.807) is 0 Å². The average molecular weight is 256 g/mol. The third kappa shape index (κ3) is 5.02. The van der Waals surface area contributed by atoms with Gasteiger partial charge in [0.2, 0.25) is 0 Å². The fourth-order valence-electron chi connectivity index (χ4n) is 1.60. The predicted octanol–water partition coefficient (Wildman–Crippen LogP) is 2.85. The second-order valence-electron chi connectivity index (χ2n) is 4.80. The highest BCUT2D eigenvalue weighted by Crippen LogP contribution is 2.13. The molecule has 3 heteroatoms. The van der Waals surface area contributed by atoms with E-state index in [1.165, 1.54) is 11.1 Å². The van der Waals surface area contributed by atoms with E-state index in [-0.39, 0.29) is 0 Å². The first-order valence-corrected chi connectivity index (χ1v) is 6.44. The highest BCUT2D eigenvalue weighted by molar-refractivity contribution is 5.43. The standard InChI is InChI=1S/C13H14N2.C3H6O/c14-12-5-1-10(2-6-12)9-11-3-7-13(15)8-4-11;1-3-2-4-3/h1-8H,9,14-15H2;3H,2H2,1H3. The molecule has 1 aliphatic rings. The highest BCUT2D eigenvalue weighted by Gasteiger charge is 2.13. The molecule has 1 unspecified atom stereocenters. The monoisotopic (exact) mass is 256 g/mol. The minimum absolute atomic E-state index is 0.583. The zero-order valence-corrected chi connectivity index (χ0v) is 11.2. The van der Waals surface area contributed by atoms with Crippen molar-refractivity contribution in [3.8, 4) is 0 Å². The van der Waals surface area contributed by atoms with Gasteiger partial charge in [-0.25, -0.2) is 0 Å². The van der Waals surface area contributed by atoms with E-state index in [9.17, 15) is 0 Å². The molecular weight excluding hydrogens is 236 g/mol. The first-order valence-electron chi connectivity index (χ1n) is 6.44. The Bertz CT molecular complexity index is 458. The highest BCUT2D eigenvalue weighted by atomic mass is 16.6. The maximum Gasteiger partial charge on any atom is 0.0781 e. The van der Waals surface area contributed by atoms with Crippen LogP contribution in [0.4, 0.5) is 11.4 Å². The Hall–Kier alpha value is -2.00. The second kappa shape index (κ2) is 6.25. The Morgan fingerprint density at radius 2 is 1.21 bits per heavy atom. The molecule has 1 atom stereocenters. The molecule has 0 aromatic heterocycles. The van der Waals surface area contributed by atoms with E-state index < -0.39 is 0 Å². The summed E-state index contributed by atoms with van der Waals surface area (Å²) in [6.07, 6.45) is 1.50. The molecule has 0 saturated carbocycles. The molecule has 0 bridgehead atoms. The van der Waals surface area contributed by atoms with Gasteiger partial charge in [-0.15, -0.1) is 0 Å². The van der Waals surface area contributed by atoms with Gasteiger partial charge in [0.05, 0.1) is 12.7 Å². The Kier molecular flexibility index (Phi) is 4.42. The molecule has 19 heavy (non-hydrogen) atoms.